The first-order chi connectivity index (χ1) is 10.4. The van der Waals surface area contributed by atoms with Crippen molar-refractivity contribution in [2.24, 2.45) is 0 Å². The third-order valence-corrected chi connectivity index (χ3v) is 3.92. The van der Waals surface area contributed by atoms with Crippen LogP contribution in [0.25, 0.3) is 0 Å². The van der Waals surface area contributed by atoms with Crippen molar-refractivity contribution >= 4 is 28.9 Å². The van der Waals surface area contributed by atoms with Crippen LogP contribution in [-0.2, 0) is 10.2 Å². The molecule has 5 nitrogen and oxygen atoms in total. The Morgan fingerprint density at radius 2 is 1.95 bits per heavy atom. The van der Waals surface area contributed by atoms with E-state index in [1.807, 2.05) is 19.9 Å². The summed E-state index contributed by atoms with van der Waals surface area (Å²) in [6, 6.07) is 12.2. The van der Waals surface area contributed by atoms with Crippen molar-refractivity contribution in [3.63, 3.8) is 0 Å². The van der Waals surface area contributed by atoms with Gasteiger partial charge in [-0.25, -0.2) is 0 Å². The zero-order valence-corrected chi connectivity index (χ0v) is 12.4. The van der Waals surface area contributed by atoms with Gasteiger partial charge in [-0.05, 0) is 49.7 Å². The maximum atomic E-state index is 12.3. The molecule has 0 bridgehead atoms. The van der Waals surface area contributed by atoms with E-state index in [9.17, 15) is 9.59 Å². The Hall–Kier alpha value is -2.82. The minimum absolute atomic E-state index is 0.0594. The summed E-state index contributed by atoms with van der Waals surface area (Å²) >= 11 is 0. The van der Waals surface area contributed by atoms with Crippen LogP contribution in [0.1, 0.15) is 29.8 Å². The van der Waals surface area contributed by atoms with Gasteiger partial charge in [-0.2, -0.15) is 0 Å². The largest absolute Gasteiger partial charge is 0.399 e. The van der Waals surface area contributed by atoms with Gasteiger partial charge in [0.15, 0.2) is 0 Å². The lowest BCUT2D eigenvalue weighted by molar-refractivity contribution is -0.119. The number of carbonyl (C=O) groups excluding carboxylic acids is 2. The number of rotatable bonds is 2. The third kappa shape index (κ3) is 2.30. The Morgan fingerprint density at radius 3 is 2.68 bits per heavy atom. The molecule has 1 heterocycles. The normalized spacial score (nSPS) is 15.1. The zero-order chi connectivity index (χ0) is 15.9. The van der Waals surface area contributed by atoms with E-state index < -0.39 is 5.41 Å². The summed E-state index contributed by atoms with van der Waals surface area (Å²) in [4.78, 5) is 24.2. The maximum Gasteiger partial charge on any atom is 0.255 e. The monoisotopic (exact) mass is 295 g/mol. The van der Waals surface area contributed by atoms with Crippen LogP contribution in [0.5, 0.6) is 0 Å². The second kappa shape index (κ2) is 4.87. The second-order valence-corrected chi connectivity index (χ2v) is 5.92. The molecule has 0 aliphatic carbocycles. The maximum absolute atomic E-state index is 12.3. The van der Waals surface area contributed by atoms with Gasteiger partial charge in [-0.1, -0.05) is 12.1 Å². The molecule has 0 saturated heterocycles. The highest BCUT2D eigenvalue weighted by Gasteiger charge is 2.38. The Kier molecular flexibility index (Phi) is 3.13. The van der Waals surface area contributed by atoms with E-state index >= 15 is 0 Å². The molecule has 2 aromatic carbocycles. The van der Waals surface area contributed by atoms with Crippen molar-refractivity contribution in [3.05, 3.63) is 53.6 Å². The standard InChI is InChI=1S/C17H17N3O2/c1-17(2)13-7-6-10(8-14(13)20-16(17)22)15(21)19-12-5-3-4-11(18)9-12/h3-9H,18H2,1-2H3,(H,19,21)(H,20,22). The molecule has 112 valence electrons. The van der Waals surface area contributed by atoms with Gasteiger partial charge in [-0.15, -0.1) is 0 Å². The van der Waals surface area contributed by atoms with Crippen molar-refractivity contribution in [1.29, 1.82) is 0 Å². The number of benzene rings is 2. The van der Waals surface area contributed by atoms with Crippen LogP contribution in [-0.4, -0.2) is 11.8 Å². The molecule has 5 heteroatoms. The van der Waals surface area contributed by atoms with E-state index in [4.69, 9.17) is 5.73 Å². The zero-order valence-electron chi connectivity index (χ0n) is 12.4. The molecule has 3 rings (SSSR count). The molecule has 2 aromatic rings. The van der Waals surface area contributed by atoms with Crippen LogP contribution in [0.4, 0.5) is 17.1 Å². The number of hydrogen-bond donors (Lipinski definition) is 3. The van der Waals surface area contributed by atoms with Gasteiger partial charge in [0, 0.05) is 22.6 Å². The molecule has 22 heavy (non-hydrogen) atoms. The van der Waals surface area contributed by atoms with Gasteiger partial charge in [0.25, 0.3) is 5.91 Å². The number of fused-ring (bicyclic) bond motifs is 1. The number of anilines is 3. The summed E-state index contributed by atoms with van der Waals surface area (Å²) in [6.07, 6.45) is 0. The van der Waals surface area contributed by atoms with Crippen molar-refractivity contribution < 1.29 is 9.59 Å². The SMILES string of the molecule is CC1(C)C(=O)Nc2cc(C(=O)Nc3cccc(N)c3)ccc21. The quantitative estimate of drug-likeness (QED) is 0.745. The molecule has 0 aromatic heterocycles. The molecule has 0 unspecified atom stereocenters. The van der Waals surface area contributed by atoms with E-state index in [1.165, 1.54) is 0 Å². The Balaban J connectivity index is 1.86. The van der Waals surface area contributed by atoms with Gasteiger partial charge >= 0.3 is 0 Å². The molecular formula is C17H17N3O2. The molecule has 2 amide bonds. The lowest BCUT2D eigenvalue weighted by atomic mass is 9.86. The van der Waals surface area contributed by atoms with Crippen LogP contribution in [0, 0.1) is 0 Å². The predicted molar refractivity (Wildman–Crippen MR) is 86.9 cm³/mol. The fraction of sp³-hybridized carbons (Fsp3) is 0.176. The minimum atomic E-state index is -0.571. The van der Waals surface area contributed by atoms with Crippen LogP contribution in [0.3, 0.4) is 0 Å². The molecule has 0 radical (unpaired) electrons. The molecule has 0 fully saturated rings. The fourth-order valence-corrected chi connectivity index (χ4v) is 2.55. The summed E-state index contributed by atoms with van der Waals surface area (Å²) < 4.78 is 0. The molecule has 4 N–H and O–H groups in total. The van der Waals surface area contributed by atoms with Crippen LogP contribution >= 0.6 is 0 Å². The lowest BCUT2D eigenvalue weighted by Crippen LogP contribution is -2.26. The predicted octanol–water partition coefficient (Wildman–Crippen LogP) is 2.75. The number of carbonyl (C=O) groups is 2. The Bertz CT molecular complexity index is 781. The smallest absolute Gasteiger partial charge is 0.255 e. The summed E-state index contributed by atoms with van der Waals surface area (Å²) in [6.45, 7) is 3.72. The van der Waals surface area contributed by atoms with Gasteiger partial charge in [0.2, 0.25) is 5.91 Å². The van der Waals surface area contributed by atoms with E-state index in [0.29, 0.717) is 22.6 Å². The molecule has 1 aliphatic heterocycles. The summed E-state index contributed by atoms with van der Waals surface area (Å²) in [5, 5.41) is 5.61. The van der Waals surface area contributed by atoms with Crippen LogP contribution in [0.2, 0.25) is 0 Å². The van der Waals surface area contributed by atoms with E-state index in [0.717, 1.165) is 5.56 Å². The number of nitrogens with two attached hydrogens (primary N) is 1. The molecule has 0 spiro atoms. The van der Waals surface area contributed by atoms with E-state index in [1.54, 1.807) is 36.4 Å². The van der Waals surface area contributed by atoms with Gasteiger partial charge in [0.05, 0.1) is 5.41 Å². The average molecular weight is 295 g/mol. The highest BCUT2D eigenvalue weighted by molar-refractivity contribution is 6.09. The topological polar surface area (TPSA) is 84.2 Å². The Morgan fingerprint density at radius 1 is 1.18 bits per heavy atom. The van der Waals surface area contributed by atoms with Gasteiger partial charge < -0.3 is 16.4 Å². The number of nitrogens with one attached hydrogen (secondary N) is 2. The Labute approximate surface area is 128 Å². The second-order valence-electron chi connectivity index (χ2n) is 5.92. The summed E-state index contributed by atoms with van der Waals surface area (Å²) in [5.74, 6) is -0.303. The van der Waals surface area contributed by atoms with Gasteiger partial charge in [-0.3, -0.25) is 9.59 Å². The fourth-order valence-electron chi connectivity index (χ4n) is 2.55. The first-order valence-corrected chi connectivity index (χ1v) is 7.01. The molecule has 1 aliphatic rings. The van der Waals surface area contributed by atoms with Crippen molar-refractivity contribution in [3.8, 4) is 0 Å². The van der Waals surface area contributed by atoms with Crippen molar-refractivity contribution in [2.75, 3.05) is 16.4 Å². The van der Waals surface area contributed by atoms with Crippen molar-refractivity contribution in [1.82, 2.24) is 0 Å². The van der Waals surface area contributed by atoms with Crippen LogP contribution < -0.4 is 16.4 Å². The van der Waals surface area contributed by atoms with E-state index in [-0.39, 0.29) is 11.8 Å². The molecule has 0 saturated carbocycles. The third-order valence-electron chi connectivity index (χ3n) is 3.92. The lowest BCUT2D eigenvalue weighted by Gasteiger charge is -2.15. The molecular weight excluding hydrogens is 278 g/mol. The number of nitrogen functional groups attached to an aromatic ring is 1. The first kappa shape index (κ1) is 14.1. The summed E-state index contributed by atoms with van der Waals surface area (Å²) in [7, 11) is 0. The number of hydrogen-bond acceptors (Lipinski definition) is 3. The van der Waals surface area contributed by atoms with Crippen molar-refractivity contribution in [2.45, 2.75) is 19.3 Å². The number of amides is 2. The first-order valence-electron chi connectivity index (χ1n) is 7.01. The minimum Gasteiger partial charge on any atom is -0.399 e. The van der Waals surface area contributed by atoms with Gasteiger partial charge in [0.1, 0.15) is 0 Å². The van der Waals surface area contributed by atoms with E-state index in [2.05, 4.69) is 10.6 Å². The highest BCUT2D eigenvalue weighted by Crippen LogP contribution is 2.37. The van der Waals surface area contributed by atoms with Crippen LogP contribution in [0.15, 0.2) is 42.5 Å². The molecule has 0 atom stereocenters. The highest BCUT2D eigenvalue weighted by atomic mass is 16.2. The summed E-state index contributed by atoms with van der Waals surface area (Å²) in [5.41, 5.74) is 8.42. The average Bonchev–Trinajstić information content (AvgIpc) is 2.68.